The number of nitrogens with zero attached hydrogens (tertiary/aromatic N) is 2. The van der Waals surface area contributed by atoms with Crippen molar-refractivity contribution in [2.75, 3.05) is 19.8 Å². The van der Waals surface area contributed by atoms with Crippen molar-refractivity contribution in [3.63, 3.8) is 0 Å². The molecule has 0 bridgehead atoms. The minimum atomic E-state index is -0.616. The molecule has 0 unspecified atom stereocenters. The van der Waals surface area contributed by atoms with Crippen LogP contribution in [-0.2, 0) is 16.0 Å². The number of carbonyl (C=O) groups excluding carboxylic acids is 2. The molecule has 8 heteroatoms. The zero-order chi connectivity index (χ0) is 30.5. The first-order chi connectivity index (χ1) is 20.3. The van der Waals surface area contributed by atoms with Gasteiger partial charge in [-0.1, -0.05) is 52.0 Å². The van der Waals surface area contributed by atoms with Gasteiger partial charge in [-0.05, 0) is 80.7 Å². The maximum Gasteiger partial charge on any atom is 0.252 e. The van der Waals surface area contributed by atoms with Gasteiger partial charge in [0.1, 0.15) is 11.9 Å². The van der Waals surface area contributed by atoms with Crippen LogP contribution in [0.4, 0.5) is 0 Å². The predicted octanol–water partition coefficient (Wildman–Crippen LogP) is 7.24. The van der Waals surface area contributed by atoms with E-state index in [0.717, 1.165) is 41.7 Å². The zero-order valence-electron chi connectivity index (χ0n) is 26.1. The molecule has 1 aromatic carbocycles. The van der Waals surface area contributed by atoms with E-state index < -0.39 is 6.04 Å². The van der Waals surface area contributed by atoms with Crippen LogP contribution in [0.1, 0.15) is 94.3 Å². The van der Waals surface area contributed by atoms with Gasteiger partial charge in [-0.2, -0.15) is 0 Å². The minimum Gasteiger partial charge on any atom is -0.377 e. The van der Waals surface area contributed by atoms with Gasteiger partial charge in [0, 0.05) is 36.1 Å². The Morgan fingerprint density at radius 3 is 2.57 bits per heavy atom. The predicted molar refractivity (Wildman–Crippen MR) is 174 cm³/mol. The van der Waals surface area contributed by atoms with E-state index in [2.05, 4.69) is 60.4 Å². The molecule has 0 aliphatic carbocycles. The van der Waals surface area contributed by atoms with E-state index >= 15 is 0 Å². The van der Waals surface area contributed by atoms with Crippen LogP contribution < -0.4 is 10.6 Å². The third-order valence-corrected chi connectivity index (χ3v) is 8.24. The fourth-order valence-corrected chi connectivity index (χ4v) is 5.83. The van der Waals surface area contributed by atoms with Gasteiger partial charge in [0.15, 0.2) is 0 Å². The molecule has 2 amide bonds. The fourth-order valence-electron chi connectivity index (χ4n) is 5.13. The molecule has 0 aliphatic heterocycles. The van der Waals surface area contributed by atoms with Crippen molar-refractivity contribution in [2.45, 2.75) is 85.7 Å². The van der Waals surface area contributed by atoms with Crippen LogP contribution in [0.15, 0.2) is 59.5 Å². The number of benzene rings is 1. The van der Waals surface area contributed by atoms with Gasteiger partial charge in [0.05, 0.1) is 17.6 Å². The molecular formula is C34H48N4O3S. The summed E-state index contributed by atoms with van der Waals surface area (Å²) in [6.45, 7) is 14.1. The van der Waals surface area contributed by atoms with E-state index in [9.17, 15) is 9.59 Å². The first-order valence-electron chi connectivity index (χ1n) is 15.3. The zero-order valence-corrected chi connectivity index (χ0v) is 26.9. The van der Waals surface area contributed by atoms with Gasteiger partial charge in [-0.25, -0.2) is 4.98 Å². The highest BCUT2D eigenvalue weighted by atomic mass is 32.1. The molecule has 2 aromatic heterocycles. The van der Waals surface area contributed by atoms with Crippen LogP contribution >= 0.6 is 11.3 Å². The Labute approximate surface area is 255 Å². The summed E-state index contributed by atoms with van der Waals surface area (Å²) in [5, 5.41) is 8.06. The molecule has 228 valence electrons. The van der Waals surface area contributed by atoms with E-state index in [1.54, 1.807) is 11.3 Å². The number of allylic oxidation sites excluding steroid dienone is 2. The Morgan fingerprint density at radius 2 is 1.93 bits per heavy atom. The fraction of sp³-hybridized carbons (Fsp3) is 0.500. The maximum absolute atomic E-state index is 13.4. The molecule has 3 aromatic rings. The summed E-state index contributed by atoms with van der Waals surface area (Å²) in [6, 6.07) is 9.63. The van der Waals surface area contributed by atoms with Crippen LogP contribution in [-0.4, -0.2) is 47.2 Å². The summed E-state index contributed by atoms with van der Waals surface area (Å²) in [4.78, 5) is 32.7. The van der Waals surface area contributed by atoms with Gasteiger partial charge in [-0.3, -0.25) is 9.59 Å². The van der Waals surface area contributed by atoms with Crippen molar-refractivity contribution in [3.8, 4) is 0 Å². The Balaban J connectivity index is 1.68. The number of rotatable bonds is 17. The molecular weight excluding hydrogens is 544 g/mol. The molecule has 0 fully saturated rings. The summed E-state index contributed by atoms with van der Waals surface area (Å²) >= 11 is 1.73. The first-order valence-corrected chi connectivity index (χ1v) is 16.2. The molecule has 7 nitrogen and oxygen atoms in total. The number of carbonyl (C=O) groups is 2. The van der Waals surface area contributed by atoms with E-state index in [4.69, 9.17) is 9.72 Å². The van der Waals surface area contributed by atoms with Gasteiger partial charge in [0.2, 0.25) is 5.91 Å². The van der Waals surface area contributed by atoms with Crippen molar-refractivity contribution < 1.29 is 14.3 Å². The first kappa shape index (κ1) is 33.3. The molecule has 0 saturated heterocycles. The van der Waals surface area contributed by atoms with E-state index in [1.165, 1.54) is 4.88 Å². The van der Waals surface area contributed by atoms with Gasteiger partial charge < -0.3 is 19.9 Å². The second-order valence-electron chi connectivity index (χ2n) is 11.0. The van der Waals surface area contributed by atoms with Crippen LogP contribution in [0.25, 0.3) is 11.0 Å². The van der Waals surface area contributed by atoms with Gasteiger partial charge in [-0.15, -0.1) is 11.3 Å². The number of fused-ring (bicyclic) bond motifs is 1. The standard InChI is InChI=1S/C34H48N4O3S/c1-7-13-25(8-2)23-41-18-12-17-35-34(40)30(20-24(5)6)37-33(39)26-15-16-31-29(21-26)36-32(22-28-14-11-19-42-28)38(31)27(9-3)10-4/h7-8,11,13-16,19,21,24,27,30H,9-10,12,17-18,20,22-23H2,1-6H3,(H,35,40)(H,37,39)/b13-7-,25-8+/t30-/m0/s1. The molecule has 2 N–H and O–H groups in total. The molecule has 42 heavy (non-hydrogen) atoms. The maximum atomic E-state index is 13.4. The summed E-state index contributed by atoms with van der Waals surface area (Å²) in [6.07, 6.45) is 10.1. The number of amides is 2. The van der Waals surface area contributed by atoms with Crippen LogP contribution in [0, 0.1) is 5.92 Å². The third kappa shape index (κ3) is 9.39. The monoisotopic (exact) mass is 592 g/mol. The van der Waals surface area contributed by atoms with Crippen molar-refractivity contribution in [2.24, 2.45) is 5.92 Å². The highest BCUT2D eigenvalue weighted by Gasteiger charge is 2.24. The Hall–Kier alpha value is -3.23. The molecule has 0 radical (unpaired) electrons. The summed E-state index contributed by atoms with van der Waals surface area (Å²) in [7, 11) is 0. The molecule has 0 saturated carbocycles. The van der Waals surface area contributed by atoms with Crippen molar-refractivity contribution in [3.05, 3.63) is 75.8 Å². The lowest BCUT2D eigenvalue weighted by molar-refractivity contribution is -0.123. The SMILES string of the molecule is C/C=C\C(=C/C)COCCCNC(=O)[C@H](CC(C)C)NC(=O)c1ccc2c(c1)nc(Cc1cccs1)n2C(CC)CC. The topological polar surface area (TPSA) is 85.2 Å². The second-order valence-corrected chi connectivity index (χ2v) is 12.1. The summed E-state index contributed by atoms with van der Waals surface area (Å²) < 4.78 is 8.07. The normalized spacial score (nSPS) is 13.0. The van der Waals surface area contributed by atoms with Crippen molar-refractivity contribution >= 4 is 34.2 Å². The lowest BCUT2D eigenvalue weighted by atomic mass is 10.0. The average Bonchev–Trinajstić information content (AvgIpc) is 3.62. The Bertz CT molecular complexity index is 1340. The number of hydrogen-bond acceptors (Lipinski definition) is 5. The minimum absolute atomic E-state index is 0.169. The molecule has 3 rings (SSSR count). The number of aromatic nitrogens is 2. The Morgan fingerprint density at radius 1 is 1.14 bits per heavy atom. The van der Waals surface area contributed by atoms with Crippen molar-refractivity contribution in [1.29, 1.82) is 0 Å². The number of thiophene rings is 1. The van der Waals surface area contributed by atoms with Crippen LogP contribution in [0.3, 0.4) is 0 Å². The number of nitrogens with one attached hydrogen (secondary N) is 2. The number of imidazole rings is 1. The second kappa shape index (κ2) is 17.0. The largest absolute Gasteiger partial charge is 0.377 e. The van der Waals surface area contributed by atoms with Crippen molar-refractivity contribution in [1.82, 2.24) is 20.2 Å². The third-order valence-electron chi connectivity index (χ3n) is 7.36. The van der Waals surface area contributed by atoms with Gasteiger partial charge >= 0.3 is 0 Å². The summed E-state index contributed by atoms with van der Waals surface area (Å²) in [5.41, 5.74) is 3.48. The molecule has 1 atom stereocenters. The summed E-state index contributed by atoms with van der Waals surface area (Å²) in [5.74, 6) is 0.829. The van der Waals surface area contributed by atoms with E-state index in [0.29, 0.717) is 44.2 Å². The van der Waals surface area contributed by atoms with Gasteiger partial charge in [0.25, 0.3) is 5.91 Å². The highest BCUT2D eigenvalue weighted by Crippen LogP contribution is 2.28. The lowest BCUT2D eigenvalue weighted by Gasteiger charge is -2.20. The van der Waals surface area contributed by atoms with Crippen LogP contribution in [0.2, 0.25) is 0 Å². The van der Waals surface area contributed by atoms with E-state index in [1.807, 2.05) is 50.3 Å². The lowest BCUT2D eigenvalue weighted by Crippen LogP contribution is -2.47. The number of ether oxygens (including phenoxy) is 1. The quantitative estimate of drug-likeness (QED) is 0.128. The Kier molecular flexibility index (Phi) is 13.5. The number of hydrogen-bond donors (Lipinski definition) is 2. The highest BCUT2D eigenvalue weighted by molar-refractivity contribution is 7.09. The average molecular weight is 593 g/mol. The molecule has 0 aliphatic rings. The van der Waals surface area contributed by atoms with Crippen LogP contribution in [0.5, 0.6) is 0 Å². The van der Waals surface area contributed by atoms with E-state index in [-0.39, 0.29) is 17.7 Å². The molecule has 0 spiro atoms. The molecule has 2 heterocycles. The smallest absolute Gasteiger partial charge is 0.252 e.